The molecule has 0 radical (unpaired) electrons. The van der Waals surface area contributed by atoms with Gasteiger partial charge in [0.25, 0.3) is 5.91 Å². The molecule has 0 bridgehead atoms. The fourth-order valence-electron chi connectivity index (χ4n) is 3.36. The predicted molar refractivity (Wildman–Crippen MR) is 104 cm³/mol. The number of hydrogen-bond donors (Lipinski definition) is 0. The van der Waals surface area contributed by atoms with Crippen LogP contribution in [-0.4, -0.2) is 29.8 Å². The first-order valence-electron chi connectivity index (χ1n) is 8.96. The van der Waals surface area contributed by atoms with Crippen molar-refractivity contribution in [3.8, 4) is 0 Å². The highest BCUT2D eigenvalue weighted by Gasteiger charge is 2.31. The van der Waals surface area contributed by atoms with Gasteiger partial charge in [0.15, 0.2) is 0 Å². The Morgan fingerprint density at radius 1 is 1.07 bits per heavy atom. The Morgan fingerprint density at radius 3 is 2.56 bits per heavy atom. The van der Waals surface area contributed by atoms with Gasteiger partial charge < -0.3 is 9.80 Å². The number of thioether (sulfide) groups is 1. The highest BCUT2D eigenvalue weighted by atomic mass is 32.2. The van der Waals surface area contributed by atoms with Gasteiger partial charge in [-0.15, -0.1) is 0 Å². The van der Waals surface area contributed by atoms with E-state index in [1.807, 2.05) is 24.3 Å². The second-order valence-electron chi connectivity index (χ2n) is 6.59. The van der Waals surface area contributed by atoms with Crippen molar-refractivity contribution >= 4 is 29.3 Å². The molecule has 2 aliphatic rings. The number of fused-ring (bicyclic) bond motifs is 1. The summed E-state index contributed by atoms with van der Waals surface area (Å²) >= 11 is 1.30. The molecule has 0 spiro atoms. The lowest BCUT2D eigenvalue weighted by Crippen LogP contribution is -2.35. The van der Waals surface area contributed by atoms with Gasteiger partial charge in [0.2, 0.25) is 5.91 Å². The molecule has 0 N–H and O–H groups in total. The van der Waals surface area contributed by atoms with E-state index in [1.165, 1.54) is 23.9 Å². The van der Waals surface area contributed by atoms with Crippen LogP contribution in [0.5, 0.6) is 0 Å². The van der Waals surface area contributed by atoms with Crippen LogP contribution in [0.2, 0.25) is 0 Å². The SMILES string of the molecule is O=C(/C=C1\Sc2ccccc2N(Cc2ccccc2F)C1=O)N1CCCC1. The van der Waals surface area contributed by atoms with Crippen molar-refractivity contribution < 1.29 is 14.0 Å². The zero-order chi connectivity index (χ0) is 18.8. The maximum Gasteiger partial charge on any atom is 0.265 e. The van der Waals surface area contributed by atoms with Crippen molar-refractivity contribution in [1.29, 1.82) is 0 Å². The van der Waals surface area contributed by atoms with Gasteiger partial charge in [-0.3, -0.25) is 9.59 Å². The molecule has 27 heavy (non-hydrogen) atoms. The van der Waals surface area contributed by atoms with Crippen LogP contribution < -0.4 is 4.90 Å². The Balaban J connectivity index is 1.68. The van der Waals surface area contributed by atoms with E-state index in [0.29, 0.717) is 10.5 Å². The van der Waals surface area contributed by atoms with E-state index in [0.717, 1.165) is 36.5 Å². The van der Waals surface area contributed by atoms with Crippen molar-refractivity contribution in [2.24, 2.45) is 0 Å². The number of rotatable bonds is 3. The predicted octanol–water partition coefficient (Wildman–Crippen LogP) is 3.97. The zero-order valence-electron chi connectivity index (χ0n) is 14.7. The standard InChI is InChI=1S/C21H19FN2O2S/c22-16-8-2-1-7-15(16)14-24-17-9-3-4-10-18(17)27-19(21(24)26)13-20(25)23-11-5-6-12-23/h1-4,7-10,13H,5-6,11-12,14H2/b19-13-. The van der Waals surface area contributed by atoms with E-state index in [2.05, 4.69) is 0 Å². The number of carbonyl (C=O) groups excluding carboxylic acids is 2. The number of para-hydroxylation sites is 1. The molecule has 0 saturated carbocycles. The van der Waals surface area contributed by atoms with Gasteiger partial charge in [-0.05, 0) is 31.0 Å². The first-order valence-corrected chi connectivity index (χ1v) is 9.78. The van der Waals surface area contributed by atoms with E-state index < -0.39 is 0 Å². The second kappa shape index (κ2) is 7.56. The highest BCUT2D eigenvalue weighted by molar-refractivity contribution is 8.04. The number of likely N-dealkylation sites (tertiary alicyclic amines) is 1. The van der Waals surface area contributed by atoms with E-state index in [-0.39, 0.29) is 24.2 Å². The molecule has 4 nitrogen and oxygen atoms in total. The van der Waals surface area contributed by atoms with Gasteiger partial charge in [-0.1, -0.05) is 42.1 Å². The average Bonchev–Trinajstić information content (AvgIpc) is 3.21. The van der Waals surface area contributed by atoms with Crippen molar-refractivity contribution in [1.82, 2.24) is 4.90 Å². The zero-order valence-corrected chi connectivity index (χ0v) is 15.5. The number of nitrogens with zero attached hydrogens (tertiary/aromatic N) is 2. The van der Waals surface area contributed by atoms with Gasteiger partial charge in [-0.25, -0.2) is 4.39 Å². The van der Waals surface area contributed by atoms with Crippen molar-refractivity contribution in [2.75, 3.05) is 18.0 Å². The van der Waals surface area contributed by atoms with Crippen LogP contribution in [0.25, 0.3) is 0 Å². The quantitative estimate of drug-likeness (QED) is 0.754. The molecule has 2 aromatic carbocycles. The topological polar surface area (TPSA) is 40.6 Å². The molecule has 2 heterocycles. The molecule has 138 valence electrons. The molecule has 0 unspecified atom stereocenters. The van der Waals surface area contributed by atoms with E-state index in [4.69, 9.17) is 0 Å². The summed E-state index contributed by atoms with van der Waals surface area (Å²) < 4.78 is 14.1. The van der Waals surface area contributed by atoms with Crippen LogP contribution in [0.1, 0.15) is 18.4 Å². The summed E-state index contributed by atoms with van der Waals surface area (Å²) in [4.78, 5) is 30.2. The summed E-state index contributed by atoms with van der Waals surface area (Å²) in [5.41, 5.74) is 1.18. The summed E-state index contributed by atoms with van der Waals surface area (Å²) in [6, 6.07) is 13.9. The molecular formula is C21H19FN2O2S. The van der Waals surface area contributed by atoms with Gasteiger partial charge >= 0.3 is 0 Å². The number of halogens is 1. The highest BCUT2D eigenvalue weighted by Crippen LogP contribution is 2.42. The molecule has 6 heteroatoms. The molecule has 0 aromatic heterocycles. The molecule has 2 aliphatic heterocycles. The minimum absolute atomic E-state index is 0.123. The van der Waals surface area contributed by atoms with Gasteiger partial charge in [0.05, 0.1) is 17.1 Å². The smallest absolute Gasteiger partial charge is 0.265 e. The van der Waals surface area contributed by atoms with Crippen LogP contribution in [0.3, 0.4) is 0 Å². The molecule has 4 rings (SSSR count). The van der Waals surface area contributed by atoms with Crippen LogP contribution in [0.4, 0.5) is 10.1 Å². The van der Waals surface area contributed by atoms with Crippen LogP contribution in [-0.2, 0) is 16.1 Å². The van der Waals surface area contributed by atoms with Crippen molar-refractivity contribution in [3.63, 3.8) is 0 Å². The molecule has 1 saturated heterocycles. The first-order chi connectivity index (χ1) is 13.1. The molecular weight excluding hydrogens is 363 g/mol. The lowest BCUT2D eigenvalue weighted by molar-refractivity contribution is -0.125. The second-order valence-corrected chi connectivity index (χ2v) is 7.68. The molecule has 1 fully saturated rings. The number of benzene rings is 2. The summed E-state index contributed by atoms with van der Waals surface area (Å²) in [5.74, 6) is -0.747. The monoisotopic (exact) mass is 382 g/mol. The summed E-state index contributed by atoms with van der Waals surface area (Å²) in [5, 5.41) is 0. The minimum atomic E-state index is -0.348. The summed E-state index contributed by atoms with van der Waals surface area (Å²) in [6.45, 7) is 1.59. The number of anilines is 1. The molecule has 2 amide bonds. The van der Waals surface area contributed by atoms with E-state index in [1.54, 1.807) is 28.0 Å². The third kappa shape index (κ3) is 3.62. The largest absolute Gasteiger partial charge is 0.339 e. The maximum atomic E-state index is 14.1. The van der Waals surface area contributed by atoms with Gasteiger partial charge in [-0.2, -0.15) is 0 Å². The Morgan fingerprint density at radius 2 is 1.78 bits per heavy atom. The molecule has 0 aliphatic carbocycles. The Kier molecular flexibility index (Phi) is 4.99. The molecule has 2 aromatic rings. The third-order valence-electron chi connectivity index (χ3n) is 4.79. The number of carbonyl (C=O) groups is 2. The normalized spacial score (nSPS) is 18.1. The van der Waals surface area contributed by atoms with Crippen LogP contribution in [0.15, 0.2) is 64.4 Å². The van der Waals surface area contributed by atoms with Crippen LogP contribution >= 0.6 is 11.8 Å². The third-order valence-corrected chi connectivity index (χ3v) is 5.87. The van der Waals surface area contributed by atoms with E-state index in [9.17, 15) is 14.0 Å². The maximum absolute atomic E-state index is 14.1. The Bertz CT molecular complexity index is 922. The van der Waals surface area contributed by atoms with Crippen molar-refractivity contribution in [2.45, 2.75) is 24.3 Å². The lowest BCUT2D eigenvalue weighted by atomic mass is 10.1. The number of hydrogen-bond acceptors (Lipinski definition) is 3. The van der Waals surface area contributed by atoms with Gasteiger partial charge in [0, 0.05) is 29.6 Å². The van der Waals surface area contributed by atoms with Crippen molar-refractivity contribution in [3.05, 3.63) is 70.9 Å². The summed E-state index contributed by atoms with van der Waals surface area (Å²) in [6.07, 6.45) is 3.43. The average molecular weight is 382 g/mol. The number of amides is 2. The van der Waals surface area contributed by atoms with Crippen LogP contribution in [0, 0.1) is 5.82 Å². The van der Waals surface area contributed by atoms with Gasteiger partial charge in [0.1, 0.15) is 5.82 Å². The fourth-order valence-corrected chi connectivity index (χ4v) is 4.38. The minimum Gasteiger partial charge on any atom is -0.339 e. The fraction of sp³-hybridized carbons (Fsp3) is 0.238. The van der Waals surface area contributed by atoms with E-state index >= 15 is 0 Å². The lowest BCUT2D eigenvalue weighted by Gasteiger charge is -2.30. The molecule has 0 atom stereocenters. The summed E-state index contributed by atoms with van der Waals surface area (Å²) in [7, 11) is 0. The first kappa shape index (κ1) is 17.8. The Labute approximate surface area is 161 Å². The Hall–Kier alpha value is -2.60.